The van der Waals surface area contributed by atoms with Crippen molar-refractivity contribution in [2.75, 3.05) is 16.3 Å². The molecular formula is C22H25FN4O2S. The van der Waals surface area contributed by atoms with Gasteiger partial charge in [0, 0.05) is 33.1 Å². The minimum Gasteiger partial charge on any atom is -0.488 e. The topological polar surface area (TPSA) is 76.1 Å². The maximum Gasteiger partial charge on any atom is 0.146 e. The zero-order valence-electron chi connectivity index (χ0n) is 17.1. The highest BCUT2D eigenvalue weighted by Crippen LogP contribution is 2.35. The zero-order chi connectivity index (χ0) is 21.3. The van der Waals surface area contributed by atoms with Gasteiger partial charge in [0.25, 0.3) is 0 Å². The van der Waals surface area contributed by atoms with Crippen molar-refractivity contribution in [3.8, 4) is 5.75 Å². The summed E-state index contributed by atoms with van der Waals surface area (Å²) in [5, 5.41) is 4.12. The number of anilines is 3. The molecule has 4 rings (SSSR count). The molecule has 1 fully saturated rings. The monoisotopic (exact) mass is 428 g/mol. The highest BCUT2D eigenvalue weighted by atomic mass is 32.2. The summed E-state index contributed by atoms with van der Waals surface area (Å²) in [5.41, 5.74) is 2.93. The van der Waals surface area contributed by atoms with Crippen molar-refractivity contribution in [2.24, 2.45) is 0 Å². The van der Waals surface area contributed by atoms with Crippen LogP contribution >= 0.6 is 0 Å². The lowest BCUT2D eigenvalue weighted by Crippen LogP contribution is -2.12. The molecule has 8 heteroatoms. The Morgan fingerprint density at radius 3 is 2.70 bits per heavy atom. The van der Waals surface area contributed by atoms with Gasteiger partial charge in [-0.2, -0.15) is 0 Å². The summed E-state index contributed by atoms with van der Waals surface area (Å²) >= 11 is 0. The molecule has 3 aromatic rings. The molecule has 1 heterocycles. The molecule has 0 amide bonds. The summed E-state index contributed by atoms with van der Waals surface area (Å²) in [6, 6.07) is 8.16. The summed E-state index contributed by atoms with van der Waals surface area (Å²) in [5.74, 6) is 4.37. The van der Waals surface area contributed by atoms with E-state index in [4.69, 9.17) is 4.74 Å². The van der Waals surface area contributed by atoms with Gasteiger partial charge in [-0.05, 0) is 68.3 Å². The Balaban J connectivity index is 1.70. The number of aromatic nitrogens is 2. The van der Waals surface area contributed by atoms with Crippen molar-refractivity contribution >= 4 is 43.7 Å². The van der Waals surface area contributed by atoms with Crippen LogP contribution in [-0.4, -0.2) is 32.4 Å². The minimum atomic E-state index is -2.40. The maximum absolute atomic E-state index is 13.9. The lowest BCUT2D eigenvalue weighted by molar-refractivity contribution is 0.210. The standard InChI is InChI=1S/C22H25FN4O2S/c1-14-10-16(27-30(2,3)28)12-19-21(14)22(25-13-24-19)26-18-9-8-15(23)11-20(18)29-17-6-4-5-7-17/h8-13,17H,2,4-7H2,1,3H3,(H,27,28)(H,24,25,26). The fourth-order valence-corrected chi connectivity index (χ4v) is 4.42. The Labute approximate surface area is 176 Å². The third-order valence-electron chi connectivity index (χ3n) is 5.06. The molecule has 6 nitrogen and oxygen atoms in total. The lowest BCUT2D eigenvalue weighted by Gasteiger charge is -2.18. The number of halogens is 1. The van der Waals surface area contributed by atoms with Gasteiger partial charge >= 0.3 is 0 Å². The van der Waals surface area contributed by atoms with Crippen molar-refractivity contribution in [1.29, 1.82) is 0 Å². The van der Waals surface area contributed by atoms with Gasteiger partial charge in [0.1, 0.15) is 23.7 Å². The number of hydrogen-bond donors (Lipinski definition) is 2. The molecule has 0 bridgehead atoms. The van der Waals surface area contributed by atoms with Gasteiger partial charge in [0.05, 0.1) is 17.3 Å². The molecule has 0 radical (unpaired) electrons. The Kier molecular flexibility index (Phi) is 5.51. The van der Waals surface area contributed by atoms with E-state index in [-0.39, 0.29) is 11.9 Å². The predicted molar refractivity (Wildman–Crippen MR) is 122 cm³/mol. The number of hydrogen-bond acceptors (Lipinski definition) is 5. The molecule has 0 spiro atoms. The van der Waals surface area contributed by atoms with Crippen molar-refractivity contribution in [3.05, 3.63) is 48.0 Å². The maximum atomic E-state index is 13.9. The van der Waals surface area contributed by atoms with Crippen LogP contribution in [0.2, 0.25) is 0 Å². The van der Waals surface area contributed by atoms with E-state index in [1.54, 1.807) is 12.3 Å². The summed E-state index contributed by atoms with van der Waals surface area (Å²) in [7, 11) is -2.40. The van der Waals surface area contributed by atoms with Crippen LogP contribution in [0.25, 0.3) is 10.9 Å². The summed E-state index contributed by atoms with van der Waals surface area (Å²) < 4.78 is 34.9. The van der Waals surface area contributed by atoms with Crippen molar-refractivity contribution < 1.29 is 13.3 Å². The van der Waals surface area contributed by atoms with Gasteiger partial charge in [0.15, 0.2) is 0 Å². The molecule has 1 aromatic heterocycles. The third-order valence-corrected chi connectivity index (χ3v) is 5.73. The second-order valence-corrected chi connectivity index (χ2v) is 10.0. The molecule has 0 saturated heterocycles. The first kappa shape index (κ1) is 20.4. The molecule has 158 valence electrons. The average molecular weight is 429 g/mol. The van der Waals surface area contributed by atoms with Crippen LogP contribution in [0.5, 0.6) is 5.75 Å². The smallest absolute Gasteiger partial charge is 0.146 e. The normalized spacial score (nSPS) is 16.4. The Morgan fingerprint density at radius 1 is 1.20 bits per heavy atom. The van der Waals surface area contributed by atoms with Gasteiger partial charge < -0.3 is 14.8 Å². The van der Waals surface area contributed by atoms with Crippen LogP contribution < -0.4 is 14.8 Å². The Bertz CT molecular complexity index is 1190. The zero-order valence-corrected chi connectivity index (χ0v) is 17.9. The van der Waals surface area contributed by atoms with Gasteiger partial charge in [-0.3, -0.25) is 0 Å². The van der Waals surface area contributed by atoms with Crippen LogP contribution in [0.3, 0.4) is 0 Å². The molecule has 30 heavy (non-hydrogen) atoms. The van der Waals surface area contributed by atoms with Crippen molar-refractivity contribution in [3.63, 3.8) is 0 Å². The van der Waals surface area contributed by atoms with Crippen LogP contribution in [0.4, 0.5) is 21.6 Å². The molecule has 1 aliphatic rings. The molecule has 1 saturated carbocycles. The number of nitrogens with zero attached hydrogens (tertiary/aromatic N) is 2. The quantitative estimate of drug-likeness (QED) is 0.551. The highest BCUT2D eigenvalue weighted by Gasteiger charge is 2.19. The highest BCUT2D eigenvalue weighted by molar-refractivity contribution is 8.00. The van der Waals surface area contributed by atoms with Crippen LogP contribution in [-0.2, 0) is 9.71 Å². The molecule has 2 aromatic carbocycles. The number of ether oxygens (including phenoxy) is 1. The Hall–Kier alpha value is -2.87. The fourth-order valence-electron chi connectivity index (χ4n) is 3.81. The van der Waals surface area contributed by atoms with Gasteiger partial charge in [-0.25, -0.2) is 18.6 Å². The van der Waals surface area contributed by atoms with E-state index in [1.165, 1.54) is 18.5 Å². The van der Waals surface area contributed by atoms with Crippen LogP contribution in [0.15, 0.2) is 36.7 Å². The molecule has 0 aliphatic heterocycles. The second-order valence-electron chi connectivity index (χ2n) is 7.81. The molecule has 1 atom stereocenters. The minimum absolute atomic E-state index is 0.108. The summed E-state index contributed by atoms with van der Waals surface area (Å²) in [6.07, 6.45) is 7.33. The van der Waals surface area contributed by atoms with E-state index in [2.05, 4.69) is 25.9 Å². The number of fused-ring (bicyclic) bond motifs is 1. The van der Waals surface area contributed by atoms with E-state index in [1.807, 2.05) is 19.1 Å². The SMILES string of the molecule is C=S(C)(=O)Nc1cc(C)c2c(Nc3ccc(F)cc3OC3CCCC3)ncnc2c1. The fraction of sp³-hybridized carbons (Fsp3) is 0.318. The van der Waals surface area contributed by atoms with Gasteiger partial charge in [-0.1, -0.05) is 0 Å². The van der Waals surface area contributed by atoms with Crippen molar-refractivity contribution in [2.45, 2.75) is 38.7 Å². The average Bonchev–Trinajstić information content (AvgIpc) is 3.15. The van der Waals surface area contributed by atoms with Gasteiger partial charge in [-0.15, -0.1) is 0 Å². The van der Waals surface area contributed by atoms with Crippen molar-refractivity contribution in [1.82, 2.24) is 9.97 Å². The van der Waals surface area contributed by atoms with E-state index >= 15 is 0 Å². The van der Waals surface area contributed by atoms with E-state index < -0.39 is 9.71 Å². The Morgan fingerprint density at radius 2 is 1.97 bits per heavy atom. The summed E-state index contributed by atoms with van der Waals surface area (Å²) in [4.78, 5) is 8.76. The first-order valence-corrected chi connectivity index (χ1v) is 12.0. The van der Waals surface area contributed by atoms with Gasteiger partial charge in [0.2, 0.25) is 0 Å². The molecule has 2 N–H and O–H groups in total. The second kappa shape index (κ2) is 8.10. The number of nitrogens with one attached hydrogen (secondary N) is 2. The molecule has 1 unspecified atom stereocenters. The lowest BCUT2D eigenvalue weighted by atomic mass is 10.1. The summed E-state index contributed by atoms with van der Waals surface area (Å²) in [6.45, 7) is 1.93. The third kappa shape index (κ3) is 4.64. The largest absolute Gasteiger partial charge is 0.488 e. The van der Waals surface area contributed by atoms with Crippen LogP contribution in [0.1, 0.15) is 31.2 Å². The molecular weight excluding hydrogens is 403 g/mol. The number of benzene rings is 2. The van der Waals surface area contributed by atoms with E-state index in [0.717, 1.165) is 36.6 Å². The number of aryl methyl sites for hydroxylation is 1. The molecule has 1 aliphatic carbocycles. The number of rotatable bonds is 6. The predicted octanol–water partition coefficient (Wildman–Crippen LogP) is 4.82. The van der Waals surface area contributed by atoms with Crippen LogP contribution in [0, 0.1) is 12.7 Å². The first-order valence-electron chi connectivity index (χ1n) is 9.87. The van der Waals surface area contributed by atoms with E-state index in [0.29, 0.717) is 28.5 Å². The van der Waals surface area contributed by atoms with E-state index in [9.17, 15) is 8.60 Å². The first-order chi connectivity index (χ1) is 14.3.